The number of aryl methyl sites for hydroxylation is 1. The van der Waals surface area contributed by atoms with Gasteiger partial charge in [0.05, 0.1) is 19.6 Å². The maximum atomic E-state index is 12.5. The van der Waals surface area contributed by atoms with Crippen LogP contribution in [0.2, 0.25) is 0 Å². The van der Waals surface area contributed by atoms with E-state index < -0.39 is 5.60 Å². The minimum absolute atomic E-state index is 0.00559. The van der Waals surface area contributed by atoms with Crippen LogP contribution in [0.15, 0.2) is 30.3 Å². The van der Waals surface area contributed by atoms with Crippen molar-refractivity contribution in [2.75, 3.05) is 26.7 Å². The highest BCUT2D eigenvalue weighted by Gasteiger charge is 2.49. The monoisotopic (exact) mass is 356 g/mol. The average Bonchev–Trinajstić information content (AvgIpc) is 3.34. The van der Waals surface area contributed by atoms with Gasteiger partial charge in [0.15, 0.2) is 5.60 Å². The van der Waals surface area contributed by atoms with Gasteiger partial charge in [0.2, 0.25) is 11.7 Å². The number of tetrazole rings is 1. The highest BCUT2D eigenvalue weighted by atomic mass is 16.6. The van der Waals surface area contributed by atoms with Crippen molar-refractivity contribution in [3.8, 4) is 11.4 Å². The number of benzene rings is 1. The smallest absolute Gasteiger partial charge is 0.410 e. The molecule has 0 bridgehead atoms. The van der Waals surface area contributed by atoms with Gasteiger partial charge in [0.1, 0.15) is 0 Å². The molecule has 4 rings (SSSR count). The van der Waals surface area contributed by atoms with Crippen LogP contribution in [0.5, 0.6) is 0 Å². The summed E-state index contributed by atoms with van der Waals surface area (Å²) in [4.78, 5) is 28.8. The molecule has 2 amide bonds. The number of amides is 2. The van der Waals surface area contributed by atoms with E-state index in [-0.39, 0.29) is 18.4 Å². The summed E-state index contributed by atoms with van der Waals surface area (Å²) >= 11 is 0. The normalized spacial score (nSPS) is 22.3. The fourth-order valence-electron chi connectivity index (χ4n) is 3.46. The third-order valence-electron chi connectivity index (χ3n) is 4.82. The van der Waals surface area contributed by atoms with Crippen LogP contribution < -0.4 is 0 Å². The van der Waals surface area contributed by atoms with Crippen molar-refractivity contribution in [3.05, 3.63) is 30.3 Å². The van der Waals surface area contributed by atoms with Gasteiger partial charge in [-0.3, -0.25) is 4.79 Å². The van der Waals surface area contributed by atoms with Gasteiger partial charge < -0.3 is 14.5 Å². The van der Waals surface area contributed by atoms with Crippen molar-refractivity contribution in [1.82, 2.24) is 30.0 Å². The summed E-state index contributed by atoms with van der Waals surface area (Å²) < 4.78 is 5.47. The molecule has 2 aliphatic rings. The predicted octanol–water partition coefficient (Wildman–Crippen LogP) is 0.783. The highest BCUT2D eigenvalue weighted by molar-refractivity contribution is 5.77. The lowest BCUT2D eigenvalue weighted by atomic mass is 10.0. The first-order chi connectivity index (χ1) is 12.5. The van der Waals surface area contributed by atoms with Crippen molar-refractivity contribution in [2.45, 2.75) is 25.0 Å². The minimum atomic E-state index is -0.548. The largest absolute Gasteiger partial charge is 0.439 e. The molecule has 0 aliphatic carbocycles. The number of rotatable bonds is 4. The average molecular weight is 356 g/mol. The molecule has 2 aromatic rings. The van der Waals surface area contributed by atoms with Crippen LogP contribution in [0.4, 0.5) is 4.79 Å². The maximum absolute atomic E-state index is 12.5. The van der Waals surface area contributed by atoms with E-state index in [1.165, 1.54) is 4.80 Å². The van der Waals surface area contributed by atoms with Gasteiger partial charge in [-0.25, -0.2) is 4.79 Å². The van der Waals surface area contributed by atoms with Crippen LogP contribution in [0.3, 0.4) is 0 Å². The standard InChI is InChI=1S/C17H20N6O3/c1-21-11-17(26-16(21)25)8-10-22(12-17)14(24)7-9-23-19-15(18-20-23)13-5-3-2-4-6-13/h2-6H,7-12H2,1H3/t17-/m0/s1. The summed E-state index contributed by atoms with van der Waals surface area (Å²) in [6.45, 7) is 1.94. The first-order valence-corrected chi connectivity index (χ1v) is 8.60. The van der Waals surface area contributed by atoms with Gasteiger partial charge in [-0.1, -0.05) is 30.3 Å². The summed E-state index contributed by atoms with van der Waals surface area (Å²) in [6, 6.07) is 9.58. The number of ether oxygens (including phenoxy) is 1. The number of hydrogen-bond acceptors (Lipinski definition) is 6. The quantitative estimate of drug-likeness (QED) is 0.804. The second kappa shape index (κ2) is 6.40. The van der Waals surface area contributed by atoms with Gasteiger partial charge in [-0.2, -0.15) is 4.80 Å². The number of carbonyl (C=O) groups is 2. The van der Waals surface area contributed by atoms with Crippen molar-refractivity contribution < 1.29 is 14.3 Å². The molecule has 0 saturated carbocycles. The number of nitrogens with zero attached hydrogens (tertiary/aromatic N) is 6. The Balaban J connectivity index is 1.32. The van der Waals surface area contributed by atoms with E-state index in [0.29, 0.717) is 38.4 Å². The van der Waals surface area contributed by atoms with E-state index in [1.54, 1.807) is 16.8 Å². The van der Waals surface area contributed by atoms with E-state index in [1.807, 2.05) is 30.3 Å². The fourth-order valence-corrected chi connectivity index (χ4v) is 3.46. The van der Waals surface area contributed by atoms with E-state index in [2.05, 4.69) is 15.4 Å². The molecule has 136 valence electrons. The molecule has 26 heavy (non-hydrogen) atoms. The van der Waals surface area contributed by atoms with Crippen molar-refractivity contribution >= 4 is 12.0 Å². The van der Waals surface area contributed by atoms with E-state index in [4.69, 9.17) is 4.74 Å². The number of hydrogen-bond donors (Lipinski definition) is 0. The van der Waals surface area contributed by atoms with Crippen LogP contribution in [-0.2, 0) is 16.1 Å². The van der Waals surface area contributed by atoms with Gasteiger partial charge in [-0.05, 0) is 5.21 Å². The molecule has 1 aromatic heterocycles. The highest BCUT2D eigenvalue weighted by Crippen LogP contribution is 2.31. The number of likely N-dealkylation sites (tertiary alicyclic amines) is 1. The predicted molar refractivity (Wildman–Crippen MR) is 90.9 cm³/mol. The Morgan fingerprint density at radius 3 is 2.81 bits per heavy atom. The number of carbonyl (C=O) groups excluding carboxylic acids is 2. The molecular weight excluding hydrogens is 336 g/mol. The Morgan fingerprint density at radius 2 is 2.08 bits per heavy atom. The van der Waals surface area contributed by atoms with Crippen molar-refractivity contribution in [2.24, 2.45) is 0 Å². The Bertz CT molecular complexity index is 823. The zero-order valence-electron chi connectivity index (χ0n) is 14.5. The van der Waals surface area contributed by atoms with Crippen molar-refractivity contribution in [3.63, 3.8) is 0 Å². The molecule has 0 radical (unpaired) electrons. The van der Waals surface area contributed by atoms with Crippen molar-refractivity contribution in [1.29, 1.82) is 0 Å². The minimum Gasteiger partial charge on any atom is -0.439 e. The van der Waals surface area contributed by atoms with Crippen LogP contribution in [0.1, 0.15) is 12.8 Å². The topological polar surface area (TPSA) is 93.5 Å². The first kappa shape index (κ1) is 16.5. The van der Waals surface area contributed by atoms with Crippen LogP contribution in [0.25, 0.3) is 11.4 Å². The van der Waals surface area contributed by atoms with E-state index in [9.17, 15) is 9.59 Å². The second-order valence-corrected chi connectivity index (χ2v) is 6.80. The van der Waals surface area contributed by atoms with Gasteiger partial charge in [-0.15, -0.1) is 10.2 Å². The second-order valence-electron chi connectivity index (χ2n) is 6.80. The summed E-state index contributed by atoms with van der Waals surface area (Å²) in [5.74, 6) is 0.546. The van der Waals surface area contributed by atoms with E-state index >= 15 is 0 Å². The van der Waals surface area contributed by atoms with Crippen LogP contribution >= 0.6 is 0 Å². The molecular formula is C17H20N6O3. The first-order valence-electron chi connectivity index (χ1n) is 8.60. The fraction of sp³-hybridized carbons (Fsp3) is 0.471. The lowest BCUT2D eigenvalue weighted by Gasteiger charge is -2.21. The van der Waals surface area contributed by atoms with Gasteiger partial charge >= 0.3 is 6.09 Å². The molecule has 0 N–H and O–H groups in total. The summed E-state index contributed by atoms with van der Waals surface area (Å²) in [6.07, 6.45) is 0.637. The third-order valence-corrected chi connectivity index (χ3v) is 4.82. The molecule has 1 spiro atoms. The van der Waals surface area contributed by atoms with E-state index in [0.717, 1.165) is 5.56 Å². The van der Waals surface area contributed by atoms with Gasteiger partial charge in [0, 0.05) is 32.0 Å². The molecule has 2 saturated heterocycles. The van der Waals surface area contributed by atoms with Gasteiger partial charge in [0.25, 0.3) is 0 Å². The lowest BCUT2D eigenvalue weighted by molar-refractivity contribution is -0.131. The molecule has 2 aliphatic heterocycles. The Hall–Kier alpha value is -2.97. The molecule has 9 nitrogen and oxygen atoms in total. The molecule has 2 fully saturated rings. The zero-order valence-corrected chi connectivity index (χ0v) is 14.5. The summed E-state index contributed by atoms with van der Waals surface area (Å²) in [7, 11) is 1.71. The maximum Gasteiger partial charge on any atom is 0.410 e. The molecule has 1 aromatic carbocycles. The number of likely N-dealkylation sites (N-methyl/N-ethyl adjacent to an activating group) is 1. The molecule has 3 heterocycles. The van der Waals surface area contributed by atoms with Crippen LogP contribution in [-0.4, -0.2) is 74.3 Å². The summed E-state index contributed by atoms with van der Waals surface area (Å²) in [5, 5.41) is 12.4. The van der Waals surface area contributed by atoms with Crippen LogP contribution in [0, 0.1) is 0 Å². The Kier molecular flexibility index (Phi) is 4.06. The molecule has 1 atom stereocenters. The Morgan fingerprint density at radius 1 is 1.27 bits per heavy atom. The molecule has 9 heteroatoms. The summed E-state index contributed by atoms with van der Waals surface area (Å²) in [5.41, 5.74) is 0.340. The lowest BCUT2D eigenvalue weighted by Crippen LogP contribution is -2.39. The number of aromatic nitrogens is 4. The SMILES string of the molecule is CN1C[C@]2(CCN(C(=O)CCn3nnc(-c4ccccc4)n3)C2)OC1=O. The molecule has 0 unspecified atom stereocenters. The zero-order chi connectivity index (χ0) is 18.1. The Labute approximate surface area is 150 Å². The third kappa shape index (κ3) is 3.12.